The second-order valence-electron chi connectivity index (χ2n) is 14.9. The molecule has 0 saturated heterocycles. The maximum absolute atomic E-state index is 12.3. The predicted octanol–water partition coefficient (Wildman–Crippen LogP) is 12.6. The summed E-state index contributed by atoms with van der Waals surface area (Å²) < 4.78 is 43.5. The van der Waals surface area contributed by atoms with E-state index in [1.165, 1.54) is 47.6 Å². The van der Waals surface area contributed by atoms with Crippen molar-refractivity contribution < 1.29 is 47.9 Å². The largest absolute Gasteiger partial charge is 0.512 e. The van der Waals surface area contributed by atoms with E-state index in [4.69, 9.17) is 9.72 Å². The summed E-state index contributed by atoms with van der Waals surface area (Å²) in [7, 11) is 0. The first kappa shape index (κ1) is 39.6. The summed E-state index contributed by atoms with van der Waals surface area (Å²) in [5.74, 6) is 0.571. The van der Waals surface area contributed by atoms with Gasteiger partial charge in [-0.05, 0) is 72.9 Å². The summed E-state index contributed by atoms with van der Waals surface area (Å²) in [6, 6.07) is 19.0. The number of carbonyl (C=O) groups is 1. The van der Waals surface area contributed by atoms with Crippen molar-refractivity contribution in [2.75, 3.05) is 0 Å². The molecule has 4 aromatic rings. The van der Waals surface area contributed by atoms with Gasteiger partial charge in [0.15, 0.2) is 5.78 Å². The van der Waals surface area contributed by atoms with Gasteiger partial charge in [0.25, 0.3) is 0 Å². The van der Waals surface area contributed by atoms with Crippen molar-refractivity contribution in [3.63, 3.8) is 0 Å². The molecule has 50 heavy (non-hydrogen) atoms. The minimum Gasteiger partial charge on any atom is -0.512 e. The van der Waals surface area contributed by atoms with Gasteiger partial charge >= 0.3 is 6.18 Å². The van der Waals surface area contributed by atoms with Crippen LogP contribution in [-0.4, -0.2) is 22.1 Å². The molecule has 271 valence electrons. The molecule has 6 rings (SSSR count). The zero-order chi connectivity index (χ0) is 35.5. The Labute approximate surface area is 308 Å². The monoisotopic (exact) mass is 865 g/mol. The van der Waals surface area contributed by atoms with Crippen molar-refractivity contribution in [3.8, 4) is 22.8 Å². The number of aromatic nitrogens is 1. The van der Waals surface area contributed by atoms with Crippen LogP contribution in [0.1, 0.15) is 110 Å². The van der Waals surface area contributed by atoms with E-state index in [0.717, 1.165) is 46.0 Å². The smallest absolute Gasteiger partial charge is 0.389 e. The Kier molecular flexibility index (Phi) is 13.0. The molecule has 1 fully saturated rings. The van der Waals surface area contributed by atoms with Gasteiger partial charge in [-0.3, -0.25) is 9.78 Å². The van der Waals surface area contributed by atoms with Crippen molar-refractivity contribution in [3.05, 3.63) is 77.7 Å². The molecule has 0 amide bonds. The number of nitrogens with zero attached hydrogens (tertiary/aromatic N) is 1. The Morgan fingerprint density at radius 3 is 2.30 bits per heavy atom. The van der Waals surface area contributed by atoms with Crippen molar-refractivity contribution in [2.24, 2.45) is 17.3 Å². The second-order valence-corrected chi connectivity index (χ2v) is 14.9. The maximum Gasteiger partial charge on any atom is 0.389 e. The number of alkyl halides is 3. The molecule has 2 heterocycles. The van der Waals surface area contributed by atoms with Crippen LogP contribution in [0.15, 0.2) is 60.5 Å². The van der Waals surface area contributed by atoms with Gasteiger partial charge in [-0.25, -0.2) is 0 Å². The Bertz CT molecular complexity index is 1830. The first-order valence-electron chi connectivity index (χ1n) is 17.8. The zero-order valence-electron chi connectivity index (χ0n) is 30.0. The molecule has 2 aliphatic rings. The molecule has 1 aliphatic carbocycles. The number of ketones is 1. The van der Waals surface area contributed by atoms with Crippen LogP contribution in [-0.2, 0) is 31.3 Å². The van der Waals surface area contributed by atoms with Gasteiger partial charge in [-0.2, -0.15) is 13.2 Å². The molecule has 8 heteroatoms. The summed E-state index contributed by atoms with van der Waals surface area (Å²) in [4.78, 5) is 16.5. The Morgan fingerprint density at radius 1 is 1.02 bits per heavy atom. The SMILES string of the molecule is CC(C)(C)Cc1c2c([c-]c3ccccc13)-c1nccc3cc(C4CCCC4)cc(c13)O2.CCC(CC)C(=O)/C=C(\O)C(CC)CC(F)(F)F.[Ir]. The number of ether oxygens (including phenoxy) is 1. The Balaban J connectivity index is 0.000000257. The van der Waals surface area contributed by atoms with Crippen LogP contribution in [0.4, 0.5) is 13.2 Å². The van der Waals surface area contributed by atoms with Crippen molar-refractivity contribution in [2.45, 2.75) is 111 Å². The molecule has 1 atom stereocenters. The Morgan fingerprint density at radius 2 is 1.68 bits per heavy atom. The number of aliphatic hydroxyl groups excluding tert-OH is 1. The van der Waals surface area contributed by atoms with Crippen LogP contribution in [0.5, 0.6) is 11.5 Å². The third kappa shape index (κ3) is 9.16. The summed E-state index contributed by atoms with van der Waals surface area (Å²) in [6.45, 7) is 12.1. The van der Waals surface area contributed by atoms with E-state index in [1.54, 1.807) is 6.92 Å². The van der Waals surface area contributed by atoms with Gasteiger partial charge in [0, 0.05) is 55.3 Å². The molecule has 3 aromatic carbocycles. The zero-order valence-corrected chi connectivity index (χ0v) is 32.4. The predicted molar refractivity (Wildman–Crippen MR) is 192 cm³/mol. The molecule has 1 aromatic heterocycles. The van der Waals surface area contributed by atoms with E-state index in [-0.39, 0.29) is 43.6 Å². The third-order valence-electron chi connectivity index (χ3n) is 9.91. The number of aliphatic hydroxyl groups is 1. The summed E-state index contributed by atoms with van der Waals surface area (Å²) in [5, 5.41) is 14.4. The van der Waals surface area contributed by atoms with Crippen molar-refractivity contribution >= 4 is 27.3 Å². The molecule has 1 radical (unpaired) electrons. The molecule has 1 aliphatic heterocycles. The fraction of sp³-hybridized carbons (Fsp3) is 0.476. The van der Waals surface area contributed by atoms with E-state index in [9.17, 15) is 23.1 Å². The average Bonchev–Trinajstić information content (AvgIpc) is 3.59. The summed E-state index contributed by atoms with van der Waals surface area (Å²) in [6.07, 6.45) is 5.06. The normalized spacial score (nSPS) is 15.3. The molecule has 0 spiro atoms. The van der Waals surface area contributed by atoms with Gasteiger partial charge in [-0.1, -0.05) is 95.2 Å². The fourth-order valence-electron chi connectivity index (χ4n) is 7.29. The van der Waals surface area contributed by atoms with Crippen molar-refractivity contribution in [1.29, 1.82) is 0 Å². The van der Waals surface area contributed by atoms with Crippen LogP contribution < -0.4 is 4.74 Å². The number of benzene rings is 3. The van der Waals surface area contributed by atoms with E-state index in [2.05, 4.69) is 69.3 Å². The molecule has 4 nitrogen and oxygen atoms in total. The molecular formula is C42H49F3IrNO3-. The van der Waals surface area contributed by atoms with Crippen LogP contribution in [0, 0.1) is 23.3 Å². The van der Waals surface area contributed by atoms with Crippen molar-refractivity contribution in [1.82, 2.24) is 4.98 Å². The van der Waals surface area contributed by atoms with Crippen LogP contribution in [0.25, 0.3) is 32.8 Å². The van der Waals surface area contributed by atoms with E-state index < -0.39 is 24.3 Å². The standard InChI is InChI=1S/C29H28NO.C13H21F3O2.Ir/c1-29(2,3)17-24-22-11-7-6-10-19(22)15-23-27-26-20(12-13-30-27)14-21(18-8-4-5-9-18)16-25(26)31-28(23)24;1-4-9(5-2)11(17)7-12(18)10(6-3)8-13(14,15)16;/h6-7,10-14,16,18H,4-5,8-9,17H2,1-3H3;7,9-10,18H,4-6,8H2,1-3H3;/q-1;;/b;12-7-;. The number of carbonyl (C=O) groups excluding carboxylic acids is 1. The molecule has 0 bridgehead atoms. The number of rotatable bonds is 9. The fourth-order valence-corrected chi connectivity index (χ4v) is 7.29. The molecule has 1 N–H and O–H groups in total. The number of halogens is 3. The molecule has 1 unspecified atom stereocenters. The number of allylic oxidation sites excluding steroid dienone is 2. The first-order chi connectivity index (χ1) is 23.2. The van der Waals surface area contributed by atoms with E-state index in [0.29, 0.717) is 18.8 Å². The maximum atomic E-state index is 12.3. The number of hydrogen-bond donors (Lipinski definition) is 1. The first-order valence-corrected chi connectivity index (χ1v) is 17.8. The summed E-state index contributed by atoms with van der Waals surface area (Å²) >= 11 is 0. The van der Waals surface area contributed by atoms with E-state index in [1.807, 2.05) is 20.0 Å². The average molecular weight is 865 g/mol. The number of fused-ring (bicyclic) bond motifs is 3. The quantitative estimate of drug-likeness (QED) is 0.0911. The van der Waals surface area contributed by atoms with Gasteiger partial charge in [-0.15, -0.1) is 17.5 Å². The number of hydrogen-bond acceptors (Lipinski definition) is 4. The minimum atomic E-state index is -4.33. The van der Waals surface area contributed by atoms with Gasteiger partial charge < -0.3 is 9.84 Å². The van der Waals surface area contributed by atoms with Crippen LogP contribution in [0.3, 0.4) is 0 Å². The Hall–Kier alpha value is -3.22. The minimum absolute atomic E-state index is 0. The number of pyridine rings is 1. The van der Waals surface area contributed by atoms with Crippen LogP contribution >= 0.6 is 0 Å². The topological polar surface area (TPSA) is 59.4 Å². The molecule has 1 saturated carbocycles. The van der Waals surface area contributed by atoms with Gasteiger partial charge in [0.2, 0.25) is 0 Å². The van der Waals surface area contributed by atoms with Crippen LogP contribution in [0.2, 0.25) is 0 Å². The third-order valence-corrected chi connectivity index (χ3v) is 9.91. The summed E-state index contributed by atoms with van der Waals surface area (Å²) in [5.41, 5.74) is 4.85. The van der Waals surface area contributed by atoms with E-state index >= 15 is 0 Å². The molecular weight excluding hydrogens is 816 g/mol. The second kappa shape index (κ2) is 16.4. The van der Waals surface area contributed by atoms with Gasteiger partial charge in [0.05, 0.1) is 17.9 Å². The van der Waals surface area contributed by atoms with Gasteiger partial charge in [0.1, 0.15) is 5.75 Å².